The lowest BCUT2D eigenvalue weighted by Gasteiger charge is -2.10. The second-order valence-corrected chi connectivity index (χ2v) is 5.74. The number of aromatic nitrogens is 1. The quantitative estimate of drug-likeness (QED) is 0.739. The molecule has 2 aromatic carbocycles. The van der Waals surface area contributed by atoms with Crippen LogP contribution in [0.15, 0.2) is 59.1 Å². The summed E-state index contributed by atoms with van der Waals surface area (Å²) in [6.45, 7) is 0.561. The van der Waals surface area contributed by atoms with Crippen molar-refractivity contribution < 1.29 is 22.4 Å². The Morgan fingerprint density at radius 3 is 2.50 bits per heavy atom. The van der Waals surface area contributed by atoms with E-state index in [0.29, 0.717) is 11.3 Å². The van der Waals surface area contributed by atoms with Crippen LogP contribution in [-0.2, 0) is 0 Å². The van der Waals surface area contributed by atoms with Gasteiger partial charge in [0.2, 0.25) is 5.89 Å². The Balaban J connectivity index is 1.88. The maximum absolute atomic E-state index is 12.3. The van der Waals surface area contributed by atoms with Crippen molar-refractivity contribution in [2.75, 3.05) is 6.54 Å². The fraction of sp³-hybridized carbons (Fsp3) is 0.158. The van der Waals surface area contributed by atoms with Crippen molar-refractivity contribution in [3.8, 4) is 22.8 Å². The molecule has 1 aromatic heterocycles. The molecule has 3 aromatic rings. The molecule has 1 amide bonds. The monoisotopic (exact) mass is 360 g/mol. The molecule has 0 radical (unpaired) electrons. The molecule has 4 nitrogen and oxygen atoms in total. The Morgan fingerprint density at radius 2 is 1.81 bits per heavy atom. The number of halogens is 3. The molecule has 7 heteroatoms. The molecule has 0 spiro atoms. The Bertz CT molecular complexity index is 915. The topological polar surface area (TPSA) is 55.1 Å². The predicted octanol–water partition coefficient (Wildman–Crippen LogP) is 4.61. The lowest BCUT2D eigenvalue weighted by molar-refractivity contribution is -0.123. The Labute approximate surface area is 147 Å². The molecule has 1 N–H and O–H groups in total. The third-order valence-electron chi connectivity index (χ3n) is 3.69. The van der Waals surface area contributed by atoms with E-state index in [1.54, 1.807) is 18.2 Å². The van der Waals surface area contributed by atoms with Gasteiger partial charge in [-0.15, -0.1) is 0 Å². The van der Waals surface area contributed by atoms with Crippen molar-refractivity contribution in [1.82, 2.24) is 10.3 Å². The van der Waals surface area contributed by atoms with E-state index < -0.39 is 18.6 Å². The average Bonchev–Trinajstić information content (AvgIpc) is 3.09. The van der Waals surface area contributed by atoms with Crippen LogP contribution in [0.2, 0.25) is 0 Å². The summed E-state index contributed by atoms with van der Waals surface area (Å²) in [5.74, 6) is -0.170. The number of rotatable bonds is 4. The van der Waals surface area contributed by atoms with Crippen LogP contribution in [0.25, 0.3) is 22.8 Å². The largest absolute Gasteiger partial charge is 0.436 e. The fourth-order valence-corrected chi connectivity index (χ4v) is 2.39. The SMILES string of the molecule is Cc1ccc(-c2cnc(-c3ccccc3C(=O)NCC(F)(F)F)o2)cc1. The zero-order chi connectivity index (χ0) is 18.7. The summed E-state index contributed by atoms with van der Waals surface area (Å²) in [4.78, 5) is 16.3. The fourth-order valence-electron chi connectivity index (χ4n) is 2.39. The van der Waals surface area contributed by atoms with Gasteiger partial charge in [-0.1, -0.05) is 42.0 Å². The van der Waals surface area contributed by atoms with Gasteiger partial charge < -0.3 is 9.73 Å². The van der Waals surface area contributed by atoms with Crippen LogP contribution in [0.4, 0.5) is 13.2 Å². The molecule has 0 saturated carbocycles. The van der Waals surface area contributed by atoms with Crippen LogP contribution in [-0.4, -0.2) is 23.6 Å². The van der Waals surface area contributed by atoms with Gasteiger partial charge in [-0.3, -0.25) is 4.79 Å². The molecule has 0 bridgehead atoms. The molecule has 0 saturated heterocycles. The summed E-state index contributed by atoms with van der Waals surface area (Å²) in [6, 6.07) is 13.8. The number of hydrogen-bond donors (Lipinski definition) is 1. The Hall–Kier alpha value is -3.09. The van der Waals surface area contributed by atoms with E-state index in [1.807, 2.05) is 36.5 Å². The molecule has 3 rings (SSSR count). The molecule has 26 heavy (non-hydrogen) atoms. The summed E-state index contributed by atoms with van der Waals surface area (Å²) in [5.41, 5.74) is 2.30. The first-order chi connectivity index (χ1) is 12.3. The van der Waals surface area contributed by atoms with Gasteiger partial charge in [0.05, 0.1) is 11.8 Å². The van der Waals surface area contributed by atoms with Crippen molar-refractivity contribution in [3.63, 3.8) is 0 Å². The van der Waals surface area contributed by atoms with E-state index in [-0.39, 0.29) is 11.5 Å². The van der Waals surface area contributed by atoms with E-state index in [2.05, 4.69) is 4.98 Å². The van der Waals surface area contributed by atoms with Crippen LogP contribution in [0.3, 0.4) is 0 Å². The molecule has 0 aliphatic rings. The number of oxazole rings is 1. The lowest BCUT2D eigenvalue weighted by atomic mass is 10.1. The normalized spacial score (nSPS) is 11.4. The van der Waals surface area contributed by atoms with Crippen molar-refractivity contribution in [2.45, 2.75) is 13.1 Å². The molecule has 0 fully saturated rings. The molecule has 0 aliphatic heterocycles. The zero-order valence-corrected chi connectivity index (χ0v) is 13.8. The van der Waals surface area contributed by atoms with Gasteiger partial charge in [0.1, 0.15) is 6.54 Å². The van der Waals surface area contributed by atoms with Crippen molar-refractivity contribution in [1.29, 1.82) is 0 Å². The van der Waals surface area contributed by atoms with Crippen molar-refractivity contribution >= 4 is 5.91 Å². The summed E-state index contributed by atoms with van der Waals surface area (Å²) >= 11 is 0. The third kappa shape index (κ3) is 4.11. The summed E-state index contributed by atoms with van der Waals surface area (Å²) in [7, 11) is 0. The number of carbonyl (C=O) groups is 1. The molecule has 1 heterocycles. The van der Waals surface area contributed by atoms with Crippen LogP contribution in [0, 0.1) is 6.92 Å². The van der Waals surface area contributed by atoms with Gasteiger partial charge >= 0.3 is 6.18 Å². The van der Waals surface area contributed by atoms with Crippen LogP contribution in [0.5, 0.6) is 0 Å². The number of nitrogens with one attached hydrogen (secondary N) is 1. The van der Waals surface area contributed by atoms with Gasteiger partial charge in [-0.2, -0.15) is 13.2 Å². The highest BCUT2D eigenvalue weighted by Gasteiger charge is 2.28. The lowest BCUT2D eigenvalue weighted by Crippen LogP contribution is -2.33. The summed E-state index contributed by atoms with van der Waals surface area (Å²) in [6.07, 6.45) is -2.96. The number of carbonyl (C=O) groups excluding carboxylic acids is 1. The van der Waals surface area contributed by atoms with Crippen LogP contribution >= 0.6 is 0 Å². The Morgan fingerprint density at radius 1 is 1.12 bits per heavy atom. The molecule has 134 valence electrons. The third-order valence-corrected chi connectivity index (χ3v) is 3.69. The highest BCUT2D eigenvalue weighted by molar-refractivity contribution is 6.00. The number of amides is 1. The minimum absolute atomic E-state index is 0.0639. The number of aryl methyl sites for hydroxylation is 1. The van der Waals surface area contributed by atoms with E-state index in [4.69, 9.17) is 4.42 Å². The summed E-state index contributed by atoms with van der Waals surface area (Å²) in [5, 5.41) is 1.86. The van der Waals surface area contributed by atoms with Gasteiger partial charge in [0, 0.05) is 11.1 Å². The first-order valence-corrected chi connectivity index (χ1v) is 7.81. The first-order valence-electron chi connectivity index (χ1n) is 7.81. The molecule has 0 aliphatic carbocycles. The molecular formula is C19H15F3N2O2. The standard InChI is InChI=1S/C19H15F3N2O2/c1-12-6-8-13(9-7-12)16-10-23-18(26-16)15-5-3-2-4-14(15)17(25)24-11-19(20,21)22/h2-10H,11H2,1H3,(H,24,25). The number of benzene rings is 2. The highest BCUT2D eigenvalue weighted by Crippen LogP contribution is 2.28. The van der Waals surface area contributed by atoms with Crippen molar-refractivity contribution in [3.05, 3.63) is 65.9 Å². The summed E-state index contributed by atoms with van der Waals surface area (Å²) < 4.78 is 42.7. The maximum Gasteiger partial charge on any atom is 0.405 e. The van der Waals surface area contributed by atoms with Crippen LogP contribution in [0.1, 0.15) is 15.9 Å². The van der Waals surface area contributed by atoms with Gasteiger partial charge in [0.25, 0.3) is 5.91 Å². The van der Waals surface area contributed by atoms with E-state index >= 15 is 0 Å². The van der Waals surface area contributed by atoms with E-state index in [1.165, 1.54) is 12.3 Å². The number of alkyl halides is 3. The molecule has 0 unspecified atom stereocenters. The molecule has 0 atom stereocenters. The first kappa shape index (κ1) is 17.7. The highest BCUT2D eigenvalue weighted by atomic mass is 19.4. The molecular weight excluding hydrogens is 345 g/mol. The Kier molecular flexibility index (Phi) is 4.79. The van der Waals surface area contributed by atoms with E-state index in [9.17, 15) is 18.0 Å². The minimum atomic E-state index is -4.48. The number of nitrogens with zero attached hydrogens (tertiary/aromatic N) is 1. The second-order valence-electron chi connectivity index (χ2n) is 5.74. The smallest absolute Gasteiger partial charge is 0.405 e. The second kappa shape index (κ2) is 7.03. The minimum Gasteiger partial charge on any atom is -0.436 e. The van der Waals surface area contributed by atoms with E-state index in [0.717, 1.165) is 11.1 Å². The van der Waals surface area contributed by atoms with Crippen molar-refractivity contribution in [2.24, 2.45) is 0 Å². The van der Waals surface area contributed by atoms with Gasteiger partial charge in [0.15, 0.2) is 5.76 Å². The number of hydrogen-bond acceptors (Lipinski definition) is 3. The zero-order valence-electron chi connectivity index (χ0n) is 13.8. The van der Waals surface area contributed by atoms with Gasteiger partial charge in [-0.05, 0) is 19.1 Å². The van der Waals surface area contributed by atoms with Crippen LogP contribution < -0.4 is 5.32 Å². The van der Waals surface area contributed by atoms with Gasteiger partial charge in [-0.25, -0.2) is 4.98 Å². The maximum atomic E-state index is 12.3. The average molecular weight is 360 g/mol. The predicted molar refractivity (Wildman–Crippen MR) is 90.5 cm³/mol.